The zero-order valence-corrected chi connectivity index (χ0v) is 16.4. The van der Waals surface area contributed by atoms with Gasteiger partial charge >= 0.3 is 12.0 Å². The molecule has 1 aliphatic heterocycles. The van der Waals surface area contributed by atoms with Gasteiger partial charge in [-0.25, -0.2) is 9.59 Å². The molecule has 0 spiro atoms. The summed E-state index contributed by atoms with van der Waals surface area (Å²) in [5.41, 5.74) is 4.35. The minimum Gasteiger partial charge on any atom is -0.480 e. The number of carboxylic acids is 1. The Morgan fingerprint density at radius 2 is 1.66 bits per heavy atom. The van der Waals surface area contributed by atoms with Crippen molar-refractivity contribution in [1.82, 2.24) is 15.2 Å². The molecule has 1 aromatic heterocycles. The van der Waals surface area contributed by atoms with E-state index < -0.39 is 12.0 Å². The number of urea groups is 1. The topological polar surface area (TPSA) is 85.4 Å². The highest BCUT2D eigenvalue weighted by Gasteiger charge is 2.31. The predicted molar refractivity (Wildman–Crippen MR) is 112 cm³/mol. The molecule has 6 nitrogen and oxygen atoms in total. The summed E-state index contributed by atoms with van der Waals surface area (Å²) < 4.78 is 0. The largest absolute Gasteiger partial charge is 0.480 e. The molecule has 2 atom stereocenters. The quantitative estimate of drug-likeness (QED) is 0.636. The van der Waals surface area contributed by atoms with Crippen LogP contribution in [0.3, 0.4) is 0 Å². The van der Waals surface area contributed by atoms with Crippen LogP contribution in [0.1, 0.15) is 29.5 Å². The fourth-order valence-electron chi connectivity index (χ4n) is 4.15. The Balaban J connectivity index is 1.50. The molecule has 4 rings (SSSR count). The number of aromatic nitrogens is 1. The summed E-state index contributed by atoms with van der Waals surface area (Å²) in [7, 11) is 0. The van der Waals surface area contributed by atoms with E-state index in [1.807, 2.05) is 49.5 Å². The number of hydrogen-bond donors (Lipinski definition) is 3. The van der Waals surface area contributed by atoms with E-state index in [-0.39, 0.29) is 11.9 Å². The summed E-state index contributed by atoms with van der Waals surface area (Å²) >= 11 is 0. The van der Waals surface area contributed by atoms with Crippen LogP contribution < -0.4 is 5.32 Å². The number of amides is 2. The molecule has 0 unspecified atom stereocenters. The molecule has 0 aliphatic carbocycles. The van der Waals surface area contributed by atoms with Gasteiger partial charge in [0.2, 0.25) is 0 Å². The number of carbonyl (C=O) groups is 2. The molecule has 0 saturated carbocycles. The van der Waals surface area contributed by atoms with Gasteiger partial charge in [-0.15, -0.1) is 0 Å². The molecule has 3 N–H and O–H groups in total. The van der Waals surface area contributed by atoms with Gasteiger partial charge in [-0.3, -0.25) is 0 Å². The highest BCUT2D eigenvalue weighted by atomic mass is 16.4. The van der Waals surface area contributed by atoms with Gasteiger partial charge in [-0.05, 0) is 35.6 Å². The number of aliphatic carboxylic acids is 1. The lowest BCUT2D eigenvalue weighted by atomic mass is 9.93. The molecule has 2 heterocycles. The van der Waals surface area contributed by atoms with Crippen LogP contribution in [-0.4, -0.2) is 46.1 Å². The smallest absolute Gasteiger partial charge is 0.326 e. The molecule has 6 heteroatoms. The van der Waals surface area contributed by atoms with Crippen molar-refractivity contribution < 1.29 is 14.7 Å². The summed E-state index contributed by atoms with van der Waals surface area (Å²) in [4.78, 5) is 29.8. The van der Waals surface area contributed by atoms with Gasteiger partial charge in [0, 0.05) is 36.1 Å². The Hall–Kier alpha value is -3.28. The molecule has 2 aromatic carbocycles. The molecule has 0 bridgehead atoms. The number of hydrogen-bond acceptors (Lipinski definition) is 2. The summed E-state index contributed by atoms with van der Waals surface area (Å²) in [5.74, 6) is -1.41. The number of rotatable bonds is 4. The number of aromatic amines is 1. The number of nitrogens with zero attached hydrogens (tertiary/aromatic N) is 1. The summed E-state index contributed by atoms with van der Waals surface area (Å²) in [6, 6.07) is 14.7. The zero-order valence-electron chi connectivity index (χ0n) is 16.4. The number of carboxylic acid groups (broad SMARTS) is 1. The maximum Gasteiger partial charge on any atom is 0.326 e. The van der Waals surface area contributed by atoms with Crippen molar-refractivity contribution >= 4 is 22.9 Å². The molecular weight excluding hydrogens is 366 g/mol. The van der Waals surface area contributed by atoms with E-state index in [4.69, 9.17) is 0 Å². The molecule has 0 saturated heterocycles. The van der Waals surface area contributed by atoms with Gasteiger partial charge in [0.15, 0.2) is 0 Å². The van der Waals surface area contributed by atoms with Crippen LogP contribution in [0.2, 0.25) is 0 Å². The van der Waals surface area contributed by atoms with Crippen molar-refractivity contribution in [2.24, 2.45) is 0 Å². The Kier molecular flexibility index (Phi) is 5.25. The Bertz CT molecular complexity index is 1020. The van der Waals surface area contributed by atoms with Gasteiger partial charge in [0.1, 0.15) is 6.04 Å². The lowest BCUT2D eigenvalue weighted by Crippen LogP contribution is -2.50. The van der Waals surface area contributed by atoms with Crippen molar-refractivity contribution in [1.29, 1.82) is 0 Å². The third-order valence-electron chi connectivity index (χ3n) is 5.86. The fourth-order valence-corrected chi connectivity index (χ4v) is 4.15. The first kappa shape index (κ1) is 19.1. The van der Waals surface area contributed by atoms with E-state index in [0.717, 1.165) is 29.3 Å². The highest BCUT2D eigenvalue weighted by molar-refractivity contribution is 5.87. The predicted octanol–water partition coefficient (Wildman–Crippen LogP) is 3.54. The van der Waals surface area contributed by atoms with Crippen LogP contribution in [-0.2, 0) is 17.6 Å². The summed E-state index contributed by atoms with van der Waals surface area (Å²) in [5, 5.41) is 13.6. The third kappa shape index (κ3) is 3.83. The van der Waals surface area contributed by atoms with E-state index >= 15 is 0 Å². The zero-order chi connectivity index (χ0) is 20.4. The van der Waals surface area contributed by atoms with Gasteiger partial charge in [0.05, 0.1) is 0 Å². The normalized spacial score (nSPS) is 16.0. The monoisotopic (exact) mass is 391 g/mol. The second kappa shape index (κ2) is 7.99. The lowest BCUT2D eigenvalue weighted by molar-refractivity contribution is -0.139. The van der Waals surface area contributed by atoms with Crippen molar-refractivity contribution in [2.75, 3.05) is 13.1 Å². The average molecular weight is 391 g/mol. The first-order valence-corrected chi connectivity index (χ1v) is 9.95. The maximum absolute atomic E-state index is 12.9. The molecule has 0 fully saturated rings. The van der Waals surface area contributed by atoms with Gasteiger partial charge in [-0.2, -0.15) is 0 Å². The standard InChI is InChI=1S/C23H25N3O3/c1-15(19-14-24-20-9-5-4-8-18(19)20)21(22(27)28)25-23(29)26-12-10-16-6-2-3-7-17(16)11-13-26/h2-9,14-15,21,24H,10-13H2,1H3,(H,25,29)(H,27,28)/t15-,21+/m0/s1. The molecule has 150 valence electrons. The van der Waals surface area contributed by atoms with Crippen LogP contribution in [0.4, 0.5) is 4.79 Å². The summed E-state index contributed by atoms with van der Waals surface area (Å²) in [6.07, 6.45) is 3.39. The molecule has 1 aliphatic rings. The average Bonchev–Trinajstić information content (AvgIpc) is 3.04. The van der Waals surface area contributed by atoms with Crippen LogP contribution >= 0.6 is 0 Å². The first-order valence-electron chi connectivity index (χ1n) is 9.95. The number of carbonyl (C=O) groups excluding carboxylic acids is 1. The Labute approximate surface area is 169 Å². The second-order valence-corrected chi connectivity index (χ2v) is 7.60. The van der Waals surface area contributed by atoms with E-state index in [1.54, 1.807) is 4.90 Å². The van der Waals surface area contributed by atoms with Crippen LogP contribution in [0.5, 0.6) is 0 Å². The molecule has 0 radical (unpaired) electrons. The Morgan fingerprint density at radius 3 is 2.31 bits per heavy atom. The Morgan fingerprint density at radius 1 is 1.03 bits per heavy atom. The minimum absolute atomic E-state index is 0.322. The molecular formula is C23H25N3O3. The van der Waals surface area contributed by atoms with Crippen LogP contribution in [0.15, 0.2) is 54.7 Å². The second-order valence-electron chi connectivity index (χ2n) is 7.60. The van der Waals surface area contributed by atoms with Crippen molar-refractivity contribution in [3.63, 3.8) is 0 Å². The van der Waals surface area contributed by atoms with E-state index in [2.05, 4.69) is 22.4 Å². The third-order valence-corrected chi connectivity index (χ3v) is 5.86. The minimum atomic E-state index is -1.03. The van der Waals surface area contributed by atoms with Crippen LogP contribution in [0.25, 0.3) is 10.9 Å². The molecule has 3 aromatic rings. The van der Waals surface area contributed by atoms with E-state index in [0.29, 0.717) is 13.1 Å². The number of benzene rings is 2. The number of nitrogens with one attached hydrogen (secondary N) is 2. The highest BCUT2D eigenvalue weighted by Crippen LogP contribution is 2.28. The van der Waals surface area contributed by atoms with Gasteiger partial charge in [0.25, 0.3) is 0 Å². The van der Waals surface area contributed by atoms with Crippen molar-refractivity contribution in [2.45, 2.75) is 31.7 Å². The van der Waals surface area contributed by atoms with Gasteiger partial charge in [-0.1, -0.05) is 49.4 Å². The first-order chi connectivity index (χ1) is 14.0. The maximum atomic E-state index is 12.9. The number of H-pyrrole nitrogens is 1. The molecule has 2 amide bonds. The summed E-state index contributed by atoms with van der Waals surface area (Å²) in [6.45, 7) is 3.00. The van der Waals surface area contributed by atoms with E-state index in [9.17, 15) is 14.7 Å². The van der Waals surface area contributed by atoms with Crippen molar-refractivity contribution in [3.05, 3.63) is 71.4 Å². The van der Waals surface area contributed by atoms with Crippen molar-refractivity contribution in [3.8, 4) is 0 Å². The lowest BCUT2D eigenvalue weighted by Gasteiger charge is -2.26. The van der Waals surface area contributed by atoms with E-state index in [1.165, 1.54) is 11.1 Å². The SMILES string of the molecule is C[C@@H](c1c[nH]c2ccccc12)[C@@H](NC(=O)N1CCc2ccccc2CC1)C(=O)O. The van der Waals surface area contributed by atoms with Gasteiger partial charge < -0.3 is 20.3 Å². The number of fused-ring (bicyclic) bond motifs is 2. The molecule has 29 heavy (non-hydrogen) atoms. The number of para-hydroxylation sites is 1. The fraction of sp³-hybridized carbons (Fsp3) is 0.304. The van der Waals surface area contributed by atoms with Crippen LogP contribution in [0, 0.1) is 0 Å².